The molecule has 3 rings (SSSR count). The Labute approximate surface area is 164 Å². The van der Waals surface area contributed by atoms with Crippen LogP contribution < -0.4 is 19.5 Å². The Morgan fingerprint density at radius 1 is 1.11 bits per heavy atom. The Bertz CT molecular complexity index is 910. The molecule has 1 aromatic heterocycles. The normalized spacial score (nSPS) is 12.1. The summed E-state index contributed by atoms with van der Waals surface area (Å²) in [4.78, 5) is 0. The minimum Gasteiger partial charge on any atom is -0.493 e. The van der Waals surface area contributed by atoms with Crippen molar-refractivity contribution in [3.05, 3.63) is 48.2 Å². The van der Waals surface area contributed by atoms with Crippen molar-refractivity contribution in [1.82, 2.24) is 15.1 Å². The second-order valence-electron chi connectivity index (χ2n) is 6.57. The van der Waals surface area contributed by atoms with Crippen molar-refractivity contribution in [2.75, 3.05) is 33.9 Å². The SMILES string of the molecule is COc1ccc(CCNCC(O)COc2cccc3c2cnn3C)cc1OC. The third kappa shape index (κ3) is 4.74. The topological polar surface area (TPSA) is 77.8 Å². The lowest BCUT2D eigenvalue weighted by atomic mass is 10.1. The second kappa shape index (κ2) is 9.43. The summed E-state index contributed by atoms with van der Waals surface area (Å²) in [5, 5.41) is 18.6. The standard InChI is InChI=1S/C21H27N3O4/c1-24-18-5-4-6-19(17(18)13-23-24)28-14-16(25)12-22-10-9-15-7-8-20(26-2)21(11-15)27-3/h4-8,11,13,16,22,25H,9-10,12,14H2,1-3H3. The van der Waals surface area contributed by atoms with Crippen LogP contribution in [-0.2, 0) is 13.5 Å². The molecule has 0 aliphatic carbocycles. The molecule has 2 N–H and O–H groups in total. The minimum absolute atomic E-state index is 0.220. The van der Waals surface area contributed by atoms with Crippen LogP contribution in [0.15, 0.2) is 42.6 Å². The predicted molar refractivity (Wildman–Crippen MR) is 108 cm³/mol. The van der Waals surface area contributed by atoms with Gasteiger partial charge >= 0.3 is 0 Å². The first-order chi connectivity index (χ1) is 13.6. The first-order valence-electron chi connectivity index (χ1n) is 9.25. The van der Waals surface area contributed by atoms with Gasteiger partial charge in [0, 0.05) is 13.6 Å². The van der Waals surface area contributed by atoms with Crippen molar-refractivity contribution >= 4 is 10.9 Å². The van der Waals surface area contributed by atoms with Gasteiger partial charge in [0.1, 0.15) is 18.5 Å². The molecule has 0 spiro atoms. The van der Waals surface area contributed by atoms with Gasteiger partial charge in [-0.1, -0.05) is 12.1 Å². The first-order valence-corrected chi connectivity index (χ1v) is 9.25. The molecule has 0 aliphatic heterocycles. The summed E-state index contributed by atoms with van der Waals surface area (Å²) >= 11 is 0. The maximum absolute atomic E-state index is 10.2. The minimum atomic E-state index is -0.600. The number of methoxy groups -OCH3 is 2. The molecule has 1 atom stereocenters. The van der Waals surface area contributed by atoms with Crippen LogP contribution in [0.25, 0.3) is 10.9 Å². The summed E-state index contributed by atoms with van der Waals surface area (Å²) in [5.41, 5.74) is 2.14. The molecule has 0 aliphatic rings. The average molecular weight is 385 g/mol. The van der Waals surface area contributed by atoms with Gasteiger partial charge in [-0.25, -0.2) is 0 Å². The Morgan fingerprint density at radius 3 is 2.71 bits per heavy atom. The van der Waals surface area contributed by atoms with Gasteiger partial charge in [-0.05, 0) is 42.8 Å². The van der Waals surface area contributed by atoms with Crippen LogP contribution in [-0.4, -0.2) is 54.9 Å². The number of fused-ring (bicyclic) bond motifs is 1. The smallest absolute Gasteiger partial charge is 0.160 e. The lowest BCUT2D eigenvalue weighted by Gasteiger charge is -2.14. The molecule has 7 heteroatoms. The molecule has 1 unspecified atom stereocenters. The van der Waals surface area contributed by atoms with Crippen molar-refractivity contribution in [3.63, 3.8) is 0 Å². The van der Waals surface area contributed by atoms with E-state index >= 15 is 0 Å². The summed E-state index contributed by atoms with van der Waals surface area (Å²) in [7, 11) is 5.14. The molecule has 0 bridgehead atoms. The lowest BCUT2D eigenvalue weighted by Crippen LogP contribution is -2.32. The van der Waals surface area contributed by atoms with E-state index in [1.807, 2.05) is 43.4 Å². The number of aryl methyl sites for hydroxylation is 1. The predicted octanol–water partition coefficient (Wildman–Crippen LogP) is 2.16. The highest BCUT2D eigenvalue weighted by Crippen LogP contribution is 2.27. The van der Waals surface area contributed by atoms with Crippen LogP contribution in [0.2, 0.25) is 0 Å². The Hall–Kier alpha value is -2.77. The molecule has 0 saturated carbocycles. The van der Waals surface area contributed by atoms with Crippen molar-refractivity contribution in [2.45, 2.75) is 12.5 Å². The Morgan fingerprint density at radius 2 is 1.93 bits per heavy atom. The van der Waals surface area contributed by atoms with Crippen LogP contribution in [0, 0.1) is 0 Å². The number of aliphatic hydroxyl groups excluding tert-OH is 1. The van der Waals surface area contributed by atoms with Crippen LogP contribution in [0.1, 0.15) is 5.56 Å². The fourth-order valence-electron chi connectivity index (χ4n) is 3.06. The van der Waals surface area contributed by atoms with Gasteiger partial charge in [0.2, 0.25) is 0 Å². The largest absolute Gasteiger partial charge is 0.493 e. The molecule has 7 nitrogen and oxygen atoms in total. The van der Waals surface area contributed by atoms with Gasteiger partial charge in [-0.15, -0.1) is 0 Å². The van der Waals surface area contributed by atoms with Gasteiger partial charge in [0.05, 0.1) is 31.3 Å². The van der Waals surface area contributed by atoms with E-state index in [1.165, 1.54) is 0 Å². The molecule has 28 heavy (non-hydrogen) atoms. The number of nitrogens with one attached hydrogen (secondary N) is 1. The number of ether oxygens (including phenoxy) is 3. The third-order valence-electron chi connectivity index (χ3n) is 4.60. The van der Waals surface area contributed by atoms with Crippen molar-refractivity contribution in [1.29, 1.82) is 0 Å². The number of hydrogen-bond acceptors (Lipinski definition) is 6. The van der Waals surface area contributed by atoms with Gasteiger partial charge in [-0.3, -0.25) is 4.68 Å². The number of benzene rings is 2. The fourth-order valence-corrected chi connectivity index (χ4v) is 3.06. The monoisotopic (exact) mass is 385 g/mol. The molecule has 0 radical (unpaired) electrons. The zero-order valence-electron chi connectivity index (χ0n) is 16.5. The van der Waals surface area contributed by atoms with E-state index in [2.05, 4.69) is 10.4 Å². The maximum Gasteiger partial charge on any atom is 0.160 e. The molecule has 1 heterocycles. The number of hydrogen-bond donors (Lipinski definition) is 2. The summed E-state index contributed by atoms with van der Waals surface area (Å²) in [6.07, 6.45) is 2.00. The molecular weight excluding hydrogens is 358 g/mol. The second-order valence-corrected chi connectivity index (χ2v) is 6.57. The van der Waals surface area contributed by atoms with Crippen molar-refractivity contribution in [3.8, 4) is 17.2 Å². The summed E-state index contributed by atoms with van der Waals surface area (Å²) in [6.45, 7) is 1.42. The van der Waals surface area contributed by atoms with E-state index < -0.39 is 6.10 Å². The fraction of sp³-hybridized carbons (Fsp3) is 0.381. The van der Waals surface area contributed by atoms with Crippen LogP contribution in [0.4, 0.5) is 0 Å². The molecule has 0 amide bonds. The summed E-state index contributed by atoms with van der Waals surface area (Å²) in [5.74, 6) is 2.17. The van der Waals surface area contributed by atoms with E-state index in [0.29, 0.717) is 6.54 Å². The highest BCUT2D eigenvalue weighted by Gasteiger charge is 2.10. The Balaban J connectivity index is 1.43. The zero-order chi connectivity index (χ0) is 19.9. The van der Waals surface area contributed by atoms with Crippen molar-refractivity contribution in [2.24, 2.45) is 7.05 Å². The number of nitrogens with zero attached hydrogens (tertiary/aromatic N) is 2. The maximum atomic E-state index is 10.2. The van der Waals surface area contributed by atoms with E-state index in [1.54, 1.807) is 25.1 Å². The van der Waals surface area contributed by atoms with Crippen LogP contribution in [0.5, 0.6) is 17.2 Å². The van der Waals surface area contributed by atoms with E-state index in [-0.39, 0.29) is 6.61 Å². The molecule has 0 fully saturated rings. The van der Waals surface area contributed by atoms with Gasteiger partial charge in [0.25, 0.3) is 0 Å². The highest BCUT2D eigenvalue weighted by atomic mass is 16.5. The summed E-state index contributed by atoms with van der Waals surface area (Å²) < 4.78 is 18.2. The molecule has 0 saturated heterocycles. The zero-order valence-corrected chi connectivity index (χ0v) is 16.5. The third-order valence-corrected chi connectivity index (χ3v) is 4.60. The molecule has 2 aromatic carbocycles. The van der Waals surface area contributed by atoms with Gasteiger partial charge < -0.3 is 24.6 Å². The number of aromatic nitrogens is 2. The Kier molecular flexibility index (Phi) is 6.73. The molecule has 3 aromatic rings. The van der Waals surface area contributed by atoms with E-state index in [9.17, 15) is 5.11 Å². The van der Waals surface area contributed by atoms with Crippen LogP contribution >= 0.6 is 0 Å². The average Bonchev–Trinajstić information content (AvgIpc) is 3.11. The highest BCUT2D eigenvalue weighted by molar-refractivity contribution is 5.85. The van der Waals surface area contributed by atoms with E-state index in [0.717, 1.165) is 46.7 Å². The lowest BCUT2D eigenvalue weighted by molar-refractivity contribution is 0.107. The molecule has 150 valence electrons. The number of aliphatic hydroxyl groups is 1. The van der Waals surface area contributed by atoms with Gasteiger partial charge in [0.15, 0.2) is 11.5 Å². The van der Waals surface area contributed by atoms with E-state index in [4.69, 9.17) is 14.2 Å². The molecular formula is C21H27N3O4. The van der Waals surface area contributed by atoms with Gasteiger partial charge in [-0.2, -0.15) is 5.10 Å². The number of rotatable bonds is 10. The van der Waals surface area contributed by atoms with Crippen LogP contribution in [0.3, 0.4) is 0 Å². The quantitative estimate of drug-likeness (QED) is 0.521. The van der Waals surface area contributed by atoms with Crippen molar-refractivity contribution < 1.29 is 19.3 Å². The summed E-state index contributed by atoms with van der Waals surface area (Å²) in [6, 6.07) is 11.7. The first kappa shape index (κ1) is 20.0.